The highest BCUT2D eigenvalue weighted by molar-refractivity contribution is 7.14. The molecule has 0 bridgehead atoms. The highest BCUT2D eigenvalue weighted by atomic mass is 32.1. The molecule has 3 aromatic rings. The van der Waals surface area contributed by atoms with Crippen LogP contribution in [0.2, 0.25) is 0 Å². The first-order valence-electron chi connectivity index (χ1n) is 7.62. The molecule has 3 amide bonds. The van der Waals surface area contributed by atoms with E-state index in [1.54, 1.807) is 17.5 Å². The Hall–Kier alpha value is -2.78. The summed E-state index contributed by atoms with van der Waals surface area (Å²) in [6.45, 7) is 0. The zero-order valence-electron chi connectivity index (χ0n) is 13.4. The number of nitrogens with one attached hydrogen (secondary N) is 2. The van der Waals surface area contributed by atoms with Crippen LogP contribution in [-0.4, -0.2) is 16.9 Å². The Labute approximate surface area is 156 Å². The molecule has 9 heteroatoms. The predicted octanol–water partition coefficient (Wildman–Crippen LogP) is 3.75. The van der Waals surface area contributed by atoms with Crippen molar-refractivity contribution in [1.29, 1.82) is 0 Å². The van der Waals surface area contributed by atoms with Crippen LogP contribution in [0.5, 0.6) is 0 Å². The summed E-state index contributed by atoms with van der Waals surface area (Å²) in [6, 6.07) is 8.44. The number of nitrogens with two attached hydrogens (primary N) is 1. The van der Waals surface area contributed by atoms with Crippen LogP contribution in [0, 0.1) is 5.82 Å². The highest BCUT2D eigenvalue weighted by Gasteiger charge is 2.19. The number of amides is 3. The molecule has 2 heterocycles. The Morgan fingerprint density at radius 2 is 1.96 bits per heavy atom. The topological polar surface area (TPSA) is 97.1 Å². The summed E-state index contributed by atoms with van der Waals surface area (Å²) >= 11 is 2.70. The molecule has 6 nitrogen and oxygen atoms in total. The van der Waals surface area contributed by atoms with E-state index in [4.69, 9.17) is 5.73 Å². The number of primary amides is 1. The lowest BCUT2D eigenvalue weighted by Gasteiger charge is -2.15. The first-order chi connectivity index (χ1) is 12.5. The van der Waals surface area contributed by atoms with Gasteiger partial charge in [-0.2, -0.15) is 0 Å². The van der Waals surface area contributed by atoms with E-state index in [2.05, 4.69) is 15.6 Å². The number of thiophene rings is 1. The number of anilines is 1. The second kappa shape index (κ2) is 8.07. The average Bonchev–Trinajstić information content (AvgIpc) is 3.26. The molecule has 0 aliphatic carbocycles. The number of thiazole rings is 1. The zero-order chi connectivity index (χ0) is 18.5. The molecular weight excluding hydrogens is 375 g/mol. The van der Waals surface area contributed by atoms with Crippen LogP contribution in [0.25, 0.3) is 11.3 Å². The Morgan fingerprint density at radius 3 is 2.62 bits per heavy atom. The standard InChI is InChI=1S/C17H15FN4O2S2/c18-11-5-3-10(4-6-11)13-9-26-17(21-13)22-15(23)8-12(20-16(19)24)14-2-1-7-25-14/h1-7,9,12H,8H2,(H3,19,20,24)(H,21,22,23). The lowest BCUT2D eigenvalue weighted by Crippen LogP contribution is -2.34. The Morgan fingerprint density at radius 1 is 1.19 bits per heavy atom. The van der Waals surface area contributed by atoms with Crippen molar-refractivity contribution in [2.24, 2.45) is 5.73 Å². The number of urea groups is 1. The highest BCUT2D eigenvalue weighted by Crippen LogP contribution is 2.26. The Bertz CT molecular complexity index is 894. The van der Waals surface area contributed by atoms with Crippen molar-refractivity contribution >= 4 is 39.7 Å². The third-order valence-corrected chi connectivity index (χ3v) is 5.23. The molecule has 0 radical (unpaired) electrons. The van der Waals surface area contributed by atoms with Crippen molar-refractivity contribution in [2.75, 3.05) is 5.32 Å². The average molecular weight is 390 g/mol. The first kappa shape index (κ1) is 18.0. The number of rotatable bonds is 6. The van der Waals surface area contributed by atoms with Gasteiger partial charge in [-0.25, -0.2) is 14.2 Å². The first-order valence-corrected chi connectivity index (χ1v) is 9.38. The fourth-order valence-electron chi connectivity index (χ4n) is 2.32. The van der Waals surface area contributed by atoms with Gasteiger partial charge in [0.25, 0.3) is 0 Å². The maximum Gasteiger partial charge on any atom is 0.312 e. The number of carbonyl (C=O) groups is 2. The summed E-state index contributed by atoms with van der Waals surface area (Å²) in [7, 11) is 0. The number of halogens is 1. The fraction of sp³-hybridized carbons (Fsp3) is 0.118. The fourth-order valence-corrected chi connectivity index (χ4v) is 3.84. The van der Waals surface area contributed by atoms with Gasteiger partial charge in [0.2, 0.25) is 5.91 Å². The molecule has 0 saturated heterocycles. The minimum atomic E-state index is -0.691. The van der Waals surface area contributed by atoms with Crippen molar-refractivity contribution in [3.05, 3.63) is 57.9 Å². The largest absolute Gasteiger partial charge is 0.352 e. The van der Waals surface area contributed by atoms with Crippen molar-refractivity contribution in [3.63, 3.8) is 0 Å². The van der Waals surface area contributed by atoms with Gasteiger partial charge in [-0.3, -0.25) is 4.79 Å². The van der Waals surface area contributed by atoms with Crippen LogP contribution >= 0.6 is 22.7 Å². The van der Waals surface area contributed by atoms with Gasteiger partial charge in [0.1, 0.15) is 5.82 Å². The number of hydrogen-bond acceptors (Lipinski definition) is 5. The molecule has 0 aliphatic rings. The number of carbonyl (C=O) groups excluding carboxylic acids is 2. The lowest BCUT2D eigenvalue weighted by molar-refractivity contribution is -0.116. The summed E-state index contributed by atoms with van der Waals surface area (Å²) < 4.78 is 13.0. The summed E-state index contributed by atoms with van der Waals surface area (Å²) in [5.41, 5.74) is 6.60. The molecular formula is C17H15FN4O2S2. The quantitative estimate of drug-likeness (QED) is 0.598. The van der Waals surface area contributed by atoms with Crippen molar-refractivity contribution in [1.82, 2.24) is 10.3 Å². The summed E-state index contributed by atoms with van der Waals surface area (Å²) in [5.74, 6) is -0.615. The molecule has 4 N–H and O–H groups in total. The van der Waals surface area contributed by atoms with E-state index in [-0.39, 0.29) is 18.1 Å². The van der Waals surface area contributed by atoms with Crippen molar-refractivity contribution in [3.8, 4) is 11.3 Å². The van der Waals surface area contributed by atoms with Crippen LogP contribution in [0.4, 0.5) is 14.3 Å². The zero-order valence-corrected chi connectivity index (χ0v) is 15.1. The second-order valence-electron chi connectivity index (χ2n) is 5.37. The van der Waals surface area contributed by atoms with Gasteiger partial charge in [-0.1, -0.05) is 6.07 Å². The van der Waals surface area contributed by atoms with Crippen LogP contribution in [-0.2, 0) is 4.79 Å². The molecule has 1 aromatic carbocycles. The Balaban J connectivity index is 1.65. The maximum absolute atomic E-state index is 13.0. The molecule has 0 saturated carbocycles. The van der Waals surface area contributed by atoms with Crippen LogP contribution < -0.4 is 16.4 Å². The second-order valence-corrected chi connectivity index (χ2v) is 7.21. The smallest absolute Gasteiger partial charge is 0.312 e. The van der Waals surface area contributed by atoms with E-state index in [1.807, 2.05) is 17.5 Å². The molecule has 0 fully saturated rings. The molecule has 26 heavy (non-hydrogen) atoms. The SMILES string of the molecule is NC(=O)NC(CC(=O)Nc1nc(-c2ccc(F)cc2)cs1)c1cccs1. The van der Waals surface area contributed by atoms with Crippen LogP contribution in [0.15, 0.2) is 47.2 Å². The maximum atomic E-state index is 13.0. The van der Waals surface area contributed by atoms with Gasteiger partial charge < -0.3 is 16.4 Å². The van der Waals surface area contributed by atoms with Crippen LogP contribution in [0.1, 0.15) is 17.3 Å². The number of benzene rings is 1. The van der Waals surface area contributed by atoms with E-state index in [9.17, 15) is 14.0 Å². The minimum absolute atomic E-state index is 0.0366. The van der Waals surface area contributed by atoms with Crippen molar-refractivity contribution < 1.29 is 14.0 Å². The molecule has 1 unspecified atom stereocenters. The number of nitrogens with zero attached hydrogens (tertiary/aromatic N) is 1. The molecule has 0 aliphatic heterocycles. The van der Waals surface area contributed by atoms with Crippen LogP contribution in [0.3, 0.4) is 0 Å². The molecule has 2 aromatic heterocycles. The number of aromatic nitrogens is 1. The molecule has 3 rings (SSSR count). The molecule has 1 atom stereocenters. The van der Waals surface area contributed by atoms with E-state index in [1.165, 1.54) is 34.8 Å². The van der Waals surface area contributed by atoms with E-state index < -0.39 is 12.1 Å². The predicted molar refractivity (Wildman–Crippen MR) is 101 cm³/mol. The lowest BCUT2D eigenvalue weighted by atomic mass is 10.1. The summed E-state index contributed by atoms with van der Waals surface area (Å²) in [5, 5.41) is 9.36. The van der Waals surface area contributed by atoms with Gasteiger partial charge >= 0.3 is 6.03 Å². The van der Waals surface area contributed by atoms with E-state index in [0.29, 0.717) is 10.8 Å². The van der Waals surface area contributed by atoms with Gasteiger partial charge in [0, 0.05) is 15.8 Å². The van der Waals surface area contributed by atoms with Gasteiger partial charge in [0.05, 0.1) is 18.2 Å². The summed E-state index contributed by atoms with van der Waals surface area (Å²) in [4.78, 5) is 28.7. The van der Waals surface area contributed by atoms with Gasteiger partial charge in [-0.15, -0.1) is 22.7 Å². The third-order valence-electron chi connectivity index (χ3n) is 3.48. The van der Waals surface area contributed by atoms with Gasteiger partial charge in [0.15, 0.2) is 5.13 Å². The third kappa shape index (κ3) is 4.64. The normalized spacial score (nSPS) is 11.7. The molecule has 134 valence electrons. The number of hydrogen-bond donors (Lipinski definition) is 3. The van der Waals surface area contributed by atoms with E-state index in [0.717, 1.165) is 10.4 Å². The van der Waals surface area contributed by atoms with Gasteiger partial charge in [-0.05, 0) is 35.7 Å². The van der Waals surface area contributed by atoms with Crippen molar-refractivity contribution in [2.45, 2.75) is 12.5 Å². The summed E-state index contributed by atoms with van der Waals surface area (Å²) in [6.07, 6.45) is 0.0366. The Kier molecular flexibility index (Phi) is 5.59. The minimum Gasteiger partial charge on any atom is -0.352 e. The van der Waals surface area contributed by atoms with E-state index >= 15 is 0 Å². The molecule has 0 spiro atoms. The monoisotopic (exact) mass is 390 g/mol.